The van der Waals surface area contributed by atoms with Crippen molar-refractivity contribution in [3.05, 3.63) is 35.1 Å². The first-order valence-corrected chi connectivity index (χ1v) is 6.65. The van der Waals surface area contributed by atoms with Crippen LogP contribution in [0.15, 0.2) is 12.1 Å². The van der Waals surface area contributed by atoms with Gasteiger partial charge in [0.2, 0.25) is 5.91 Å². The molecule has 1 atom stereocenters. The molecule has 120 valence electrons. The number of amides is 2. The summed E-state index contributed by atoms with van der Waals surface area (Å²) in [6, 6.07) is 1.03. The van der Waals surface area contributed by atoms with Gasteiger partial charge in [-0.3, -0.25) is 9.59 Å². The number of carbonyl (C=O) groups excluding carboxylic acids is 2. The van der Waals surface area contributed by atoms with E-state index in [1.807, 2.05) is 0 Å². The molecule has 1 N–H and O–H groups in total. The predicted octanol–water partition coefficient (Wildman–Crippen LogP) is 1.08. The Morgan fingerprint density at radius 2 is 2.09 bits per heavy atom. The fourth-order valence-corrected chi connectivity index (χ4v) is 2.25. The zero-order chi connectivity index (χ0) is 16.3. The van der Waals surface area contributed by atoms with Crippen LogP contribution in [0.5, 0.6) is 0 Å². The van der Waals surface area contributed by atoms with Crippen LogP contribution in [-0.4, -0.2) is 49.6 Å². The molecule has 0 saturated carbocycles. The molecule has 0 spiro atoms. The summed E-state index contributed by atoms with van der Waals surface area (Å²) in [4.78, 5) is 25.1. The Bertz CT molecular complexity index is 595. The molecule has 1 aliphatic heterocycles. The molecule has 1 aromatic rings. The average Bonchev–Trinajstić information content (AvgIpc) is 2.82. The maximum atomic E-state index is 13.5. The molecule has 1 heterocycles. The highest BCUT2D eigenvalue weighted by Gasteiger charge is 2.31. The van der Waals surface area contributed by atoms with Crippen molar-refractivity contribution in [3.8, 4) is 0 Å². The molecule has 22 heavy (non-hydrogen) atoms. The Labute approximate surface area is 125 Å². The number of nitrogens with one attached hydrogen (secondary N) is 1. The highest BCUT2D eigenvalue weighted by atomic mass is 19.2. The third kappa shape index (κ3) is 3.38. The number of hydrogen-bond acceptors (Lipinski definition) is 3. The summed E-state index contributed by atoms with van der Waals surface area (Å²) in [5, 5.41) is 2.45. The van der Waals surface area contributed by atoms with Crippen LogP contribution >= 0.6 is 0 Å². The number of likely N-dealkylation sites (tertiary alicyclic amines) is 1. The fraction of sp³-hybridized carbons (Fsp3) is 0.429. The highest BCUT2D eigenvalue weighted by Crippen LogP contribution is 2.16. The van der Waals surface area contributed by atoms with Crippen molar-refractivity contribution in [3.63, 3.8) is 0 Å². The Hall–Kier alpha value is -2.09. The summed E-state index contributed by atoms with van der Waals surface area (Å²) in [5.41, 5.74) is -0.596. The third-order valence-corrected chi connectivity index (χ3v) is 3.39. The van der Waals surface area contributed by atoms with Crippen LogP contribution in [0, 0.1) is 17.5 Å². The Morgan fingerprint density at radius 1 is 1.36 bits per heavy atom. The van der Waals surface area contributed by atoms with Crippen molar-refractivity contribution in [1.29, 1.82) is 0 Å². The van der Waals surface area contributed by atoms with E-state index < -0.39 is 35.0 Å². The number of ether oxygens (including phenoxy) is 1. The first-order valence-electron chi connectivity index (χ1n) is 6.65. The molecule has 2 rings (SSSR count). The van der Waals surface area contributed by atoms with E-state index in [2.05, 4.69) is 5.32 Å². The molecular formula is C14H15F3N2O3. The van der Waals surface area contributed by atoms with Crippen molar-refractivity contribution >= 4 is 11.8 Å². The second-order valence-electron chi connectivity index (χ2n) is 4.93. The van der Waals surface area contributed by atoms with E-state index in [0.29, 0.717) is 19.2 Å². The van der Waals surface area contributed by atoms with Crippen LogP contribution in [0.4, 0.5) is 13.2 Å². The summed E-state index contributed by atoms with van der Waals surface area (Å²) in [6.07, 6.45) is 0.0702. The van der Waals surface area contributed by atoms with Gasteiger partial charge >= 0.3 is 0 Å². The second kappa shape index (κ2) is 6.78. The highest BCUT2D eigenvalue weighted by molar-refractivity contribution is 5.95. The molecule has 1 fully saturated rings. The molecule has 0 radical (unpaired) electrons. The Morgan fingerprint density at radius 3 is 2.77 bits per heavy atom. The van der Waals surface area contributed by atoms with E-state index >= 15 is 0 Å². The fourth-order valence-electron chi connectivity index (χ4n) is 2.25. The van der Waals surface area contributed by atoms with Crippen LogP contribution in [0.3, 0.4) is 0 Å². The van der Waals surface area contributed by atoms with Gasteiger partial charge in [0.05, 0.1) is 18.2 Å². The molecule has 1 aliphatic rings. The van der Waals surface area contributed by atoms with Gasteiger partial charge in [-0.2, -0.15) is 0 Å². The second-order valence-corrected chi connectivity index (χ2v) is 4.93. The zero-order valence-corrected chi connectivity index (χ0v) is 11.9. The first-order chi connectivity index (χ1) is 10.4. The summed E-state index contributed by atoms with van der Waals surface area (Å²) in [7, 11) is 1.51. The number of methoxy groups -OCH3 is 1. The first kappa shape index (κ1) is 16.3. The summed E-state index contributed by atoms with van der Waals surface area (Å²) in [6.45, 7) is 1.02. The van der Waals surface area contributed by atoms with Crippen LogP contribution in [0.25, 0.3) is 0 Å². The van der Waals surface area contributed by atoms with Crippen LogP contribution in [0.2, 0.25) is 0 Å². The molecule has 0 aliphatic carbocycles. The molecule has 0 unspecified atom stereocenters. The van der Waals surface area contributed by atoms with Crippen molar-refractivity contribution in [1.82, 2.24) is 10.2 Å². The molecule has 5 nitrogen and oxygen atoms in total. The third-order valence-electron chi connectivity index (χ3n) is 3.39. The van der Waals surface area contributed by atoms with Gasteiger partial charge in [-0.25, -0.2) is 13.2 Å². The molecule has 0 aromatic heterocycles. The molecule has 1 saturated heterocycles. The minimum absolute atomic E-state index is 0.0702. The predicted molar refractivity (Wildman–Crippen MR) is 70.6 cm³/mol. The number of nitrogens with zero attached hydrogens (tertiary/aromatic N) is 1. The smallest absolute Gasteiger partial charge is 0.254 e. The summed E-state index contributed by atoms with van der Waals surface area (Å²) < 4.78 is 44.4. The van der Waals surface area contributed by atoms with E-state index in [4.69, 9.17) is 4.74 Å². The van der Waals surface area contributed by atoms with E-state index in [9.17, 15) is 22.8 Å². The SMILES string of the molecule is COCCN1C[C@@H](NC(=O)c2ccc(F)c(F)c2F)CC1=O. The number of hydrogen-bond donors (Lipinski definition) is 1. The van der Waals surface area contributed by atoms with E-state index in [1.54, 1.807) is 0 Å². The molecule has 1 aromatic carbocycles. The topological polar surface area (TPSA) is 58.6 Å². The minimum Gasteiger partial charge on any atom is -0.383 e. The van der Waals surface area contributed by atoms with Gasteiger partial charge in [-0.1, -0.05) is 0 Å². The summed E-state index contributed by atoms with van der Waals surface area (Å²) in [5.74, 6) is -5.65. The maximum absolute atomic E-state index is 13.5. The normalized spacial score (nSPS) is 17.9. The van der Waals surface area contributed by atoms with Gasteiger partial charge in [-0.15, -0.1) is 0 Å². The standard InChI is InChI=1S/C14H15F3N2O3/c1-22-5-4-19-7-8(6-11(19)20)18-14(21)9-2-3-10(15)13(17)12(9)16/h2-3,8H,4-7H2,1H3,(H,18,21)/t8-/m0/s1. The summed E-state index contributed by atoms with van der Waals surface area (Å²) >= 11 is 0. The van der Waals surface area contributed by atoms with Crippen molar-refractivity contribution in [2.75, 3.05) is 26.8 Å². The van der Waals surface area contributed by atoms with E-state index in [0.717, 1.165) is 6.07 Å². The van der Waals surface area contributed by atoms with Gasteiger partial charge in [0.25, 0.3) is 5.91 Å². The van der Waals surface area contributed by atoms with Crippen LogP contribution < -0.4 is 5.32 Å². The van der Waals surface area contributed by atoms with Gasteiger partial charge < -0.3 is 15.0 Å². The molecule has 0 bridgehead atoms. The van der Waals surface area contributed by atoms with E-state index in [-0.39, 0.29) is 18.9 Å². The zero-order valence-electron chi connectivity index (χ0n) is 11.9. The van der Waals surface area contributed by atoms with Gasteiger partial charge in [0.15, 0.2) is 17.5 Å². The largest absolute Gasteiger partial charge is 0.383 e. The molecular weight excluding hydrogens is 301 g/mol. The van der Waals surface area contributed by atoms with Gasteiger partial charge in [0.1, 0.15) is 0 Å². The number of benzene rings is 1. The van der Waals surface area contributed by atoms with Gasteiger partial charge in [0, 0.05) is 26.6 Å². The van der Waals surface area contributed by atoms with Gasteiger partial charge in [-0.05, 0) is 12.1 Å². The van der Waals surface area contributed by atoms with Crippen molar-refractivity contribution in [2.45, 2.75) is 12.5 Å². The van der Waals surface area contributed by atoms with Crippen molar-refractivity contribution < 1.29 is 27.5 Å². The number of carbonyl (C=O) groups is 2. The average molecular weight is 316 g/mol. The maximum Gasteiger partial charge on any atom is 0.254 e. The number of halogens is 3. The quantitative estimate of drug-likeness (QED) is 0.827. The monoisotopic (exact) mass is 316 g/mol. The van der Waals surface area contributed by atoms with Crippen LogP contribution in [-0.2, 0) is 9.53 Å². The van der Waals surface area contributed by atoms with E-state index in [1.165, 1.54) is 12.0 Å². The molecule has 2 amide bonds. The lowest BCUT2D eigenvalue weighted by Crippen LogP contribution is -2.38. The Balaban J connectivity index is 2.01. The number of rotatable bonds is 5. The van der Waals surface area contributed by atoms with Crippen molar-refractivity contribution in [2.24, 2.45) is 0 Å². The van der Waals surface area contributed by atoms with Crippen LogP contribution in [0.1, 0.15) is 16.8 Å². The minimum atomic E-state index is -1.70. The lowest BCUT2D eigenvalue weighted by atomic mass is 10.1. The lowest BCUT2D eigenvalue weighted by Gasteiger charge is -2.16. The molecule has 8 heteroatoms. The Kier molecular flexibility index (Phi) is 5.02. The lowest BCUT2D eigenvalue weighted by molar-refractivity contribution is -0.128.